The first-order chi connectivity index (χ1) is 10.6. The molecule has 2 rings (SSSR count). The molecule has 0 heterocycles. The topological polar surface area (TPSA) is 41.1 Å². The lowest BCUT2D eigenvalue weighted by molar-refractivity contribution is -0.115. The van der Waals surface area contributed by atoms with Gasteiger partial charge in [-0.2, -0.15) is 0 Å². The summed E-state index contributed by atoms with van der Waals surface area (Å²) in [7, 11) is 0. The molecule has 0 aliphatic rings. The fraction of sp³-hybridized carbons (Fsp3) is 0.235. The lowest BCUT2D eigenvalue weighted by atomic mass is 10.0. The third kappa shape index (κ3) is 4.93. The van der Waals surface area contributed by atoms with Crippen LogP contribution in [0.4, 0.5) is 10.1 Å². The highest BCUT2D eigenvalue weighted by Gasteiger charge is 2.11. The Morgan fingerprint density at radius 2 is 1.95 bits per heavy atom. The SMILES string of the molecule is CC[C@@H](NCC(=O)Nc1cccc(F)c1)c1ccc(Br)cc1. The summed E-state index contributed by atoms with van der Waals surface area (Å²) in [5.41, 5.74) is 1.59. The second-order valence-corrected chi connectivity index (χ2v) is 5.87. The first-order valence-electron chi connectivity index (χ1n) is 7.12. The van der Waals surface area contributed by atoms with Crippen LogP contribution in [0.1, 0.15) is 24.9 Å². The average Bonchev–Trinajstić information content (AvgIpc) is 2.49. The van der Waals surface area contributed by atoms with Gasteiger partial charge in [0.1, 0.15) is 5.82 Å². The predicted octanol–water partition coefficient (Wildman–Crippen LogP) is 4.27. The molecule has 2 aromatic rings. The summed E-state index contributed by atoms with van der Waals surface area (Å²) in [6.07, 6.45) is 0.870. The van der Waals surface area contributed by atoms with E-state index in [9.17, 15) is 9.18 Å². The van der Waals surface area contributed by atoms with Crippen molar-refractivity contribution < 1.29 is 9.18 Å². The molecule has 1 atom stereocenters. The third-order valence-corrected chi connectivity index (χ3v) is 3.83. The molecule has 3 nitrogen and oxygen atoms in total. The van der Waals surface area contributed by atoms with Crippen molar-refractivity contribution in [2.75, 3.05) is 11.9 Å². The maximum atomic E-state index is 13.1. The van der Waals surface area contributed by atoms with Crippen molar-refractivity contribution in [2.24, 2.45) is 0 Å². The molecule has 0 saturated heterocycles. The molecule has 0 aliphatic carbocycles. The van der Waals surface area contributed by atoms with Crippen LogP contribution in [0.5, 0.6) is 0 Å². The van der Waals surface area contributed by atoms with Gasteiger partial charge in [-0.15, -0.1) is 0 Å². The van der Waals surface area contributed by atoms with Crippen molar-refractivity contribution >= 4 is 27.5 Å². The van der Waals surface area contributed by atoms with Crippen LogP contribution < -0.4 is 10.6 Å². The summed E-state index contributed by atoms with van der Waals surface area (Å²) in [5, 5.41) is 5.89. The van der Waals surface area contributed by atoms with Gasteiger partial charge < -0.3 is 10.6 Å². The largest absolute Gasteiger partial charge is 0.325 e. The van der Waals surface area contributed by atoms with Gasteiger partial charge in [0.05, 0.1) is 6.54 Å². The van der Waals surface area contributed by atoms with Crippen LogP contribution in [-0.4, -0.2) is 12.5 Å². The van der Waals surface area contributed by atoms with Crippen LogP contribution in [-0.2, 0) is 4.79 Å². The lowest BCUT2D eigenvalue weighted by Gasteiger charge is -2.17. The maximum Gasteiger partial charge on any atom is 0.238 e. The van der Waals surface area contributed by atoms with E-state index in [4.69, 9.17) is 0 Å². The van der Waals surface area contributed by atoms with Gasteiger partial charge in [-0.1, -0.05) is 41.1 Å². The molecule has 0 fully saturated rings. The number of rotatable bonds is 6. The monoisotopic (exact) mass is 364 g/mol. The van der Waals surface area contributed by atoms with Crippen molar-refractivity contribution in [1.82, 2.24) is 5.32 Å². The molecule has 0 radical (unpaired) electrons. The molecule has 0 bridgehead atoms. The fourth-order valence-corrected chi connectivity index (χ4v) is 2.44. The maximum absolute atomic E-state index is 13.1. The normalized spacial score (nSPS) is 12.0. The summed E-state index contributed by atoms with van der Waals surface area (Å²) < 4.78 is 14.1. The first kappa shape index (κ1) is 16.6. The number of carbonyl (C=O) groups excluding carboxylic acids is 1. The van der Waals surface area contributed by atoms with Gasteiger partial charge in [0.15, 0.2) is 0 Å². The Morgan fingerprint density at radius 1 is 1.23 bits per heavy atom. The molecular formula is C17H18BrFN2O. The molecule has 0 saturated carbocycles. The van der Waals surface area contributed by atoms with Crippen molar-refractivity contribution in [3.05, 3.63) is 64.4 Å². The molecule has 1 amide bonds. The van der Waals surface area contributed by atoms with Crippen LogP contribution >= 0.6 is 15.9 Å². The zero-order valence-corrected chi connectivity index (χ0v) is 13.9. The Labute approximate surface area is 138 Å². The molecule has 2 aromatic carbocycles. The van der Waals surface area contributed by atoms with E-state index in [0.29, 0.717) is 5.69 Å². The Morgan fingerprint density at radius 3 is 2.59 bits per heavy atom. The summed E-state index contributed by atoms with van der Waals surface area (Å²) >= 11 is 3.41. The summed E-state index contributed by atoms with van der Waals surface area (Å²) in [4.78, 5) is 11.9. The Hall–Kier alpha value is -1.72. The first-order valence-corrected chi connectivity index (χ1v) is 7.92. The molecule has 0 aromatic heterocycles. The molecule has 0 spiro atoms. The highest BCUT2D eigenvalue weighted by atomic mass is 79.9. The highest BCUT2D eigenvalue weighted by molar-refractivity contribution is 9.10. The fourth-order valence-electron chi connectivity index (χ4n) is 2.18. The van der Waals surface area contributed by atoms with E-state index in [1.54, 1.807) is 12.1 Å². The standard InChI is InChI=1S/C17H18BrFN2O/c1-2-16(12-6-8-13(18)9-7-12)20-11-17(22)21-15-5-3-4-14(19)10-15/h3-10,16,20H,2,11H2,1H3,(H,21,22)/t16-/m1/s1. The van der Waals surface area contributed by atoms with Crippen LogP contribution in [0.3, 0.4) is 0 Å². The quantitative estimate of drug-likeness (QED) is 0.803. The van der Waals surface area contributed by atoms with Gasteiger partial charge in [-0.3, -0.25) is 4.79 Å². The zero-order valence-electron chi connectivity index (χ0n) is 12.3. The van der Waals surface area contributed by atoms with Crippen molar-refractivity contribution in [3.8, 4) is 0 Å². The number of amides is 1. The van der Waals surface area contributed by atoms with Crippen molar-refractivity contribution in [1.29, 1.82) is 0 Å². The van der Waals surface area contributed by atoms with E-state index in [0.717, 1.165) is 16.5 Å². The number of nitrogens with one attached hydrogen (secondary N) is 2. The second-order valence-electron chi connectivity index (χ2n) is 4.95. The molecule has 5 heteroatoms. The smallest absolute Gasteiger partial charge is 0.238 e. The predicted molar refractivity (Wildman–Crippen MR) is 90.2 cm³/mol. The number of carbonyl (C=O) groups is 1. The van der Waals surface area contributed by atoms with E-state index in [1.165, 1.54) is 12.1 Å². The van der Waals surface area contributed by atoms with Gasteiger partial charge >= 0.3 is 0 Å². The van der Waals surface area contributed by atoms with Crippen molar-refractivity contribution in [3.63, 3.8) is 0 Å². The number of hydrogen-bond acceptors (Lipinski definition) is 2. The van der Waals surface area contributed by atoms with E-state index in [-0.39, 0.29) is 24.3 Å². The third-order valence-electron chi connectivity index (χ3n) is 3.30. The Kier molecular flexibility index (Phi) is 6.10. The minimum atomic E-state index is -0.368. The Balaban J connectivity index is 1.90. The van der Waals surface area contributed by atoms with Gasteiger partial charge in [0, 0.05) is 16.2 Å². The molecule has 0 aliphatic heterocycles. The zero-order chi connectivity index (χ0) is 15.9. The lowest BCUT2D eigenvalue weighted by Crippen LogP contribution is -2.31. The Bertz CT molecular complexity index is 631. The molecule has 0 unspecified atom stereocenters. The van der Waals surface area contributed by atoms with E-state index in [2.05, 4.69) is 33.5 Å². The van der Waals surface area contributed by atoms with Crippen LogP contribution in [0.2, 0.25) is 0 Å². The number of halogens is 2. The minimum absolute atomic E-state index is 0.103. The summed E-state index contributed by atoms with van der Waals surface area (Å²) in [6, 6.07) is 14.0. The van der Waals surface area contributed by atoms with Gasteiger partial charge in [-0.05, 0) is 42.3 Å². The highest BCUT2D eigenvalue weighted by Crippen LogP contribution is 2.19. The molecular weight excluding hydrogens is 347 g/mol. The molecule has 2 N–H and O–H groups in total. The van der Waals surface area contributed by atoms with E-state index in [1.807, 2.05) is 24.3 Å². The number of benzene rings is 2. The number of anilines is 1. The van der Waals surface area contributed by atoms with E-state index >= 15 is 0 Å². The summed E-state index contributed by atoms with van der Waals surface area (Å²) in [5.74, 6) is -0.562. The molecule has 22 heavy (non-hydrogen) atoms. The summed E-state index contributed by atoms with van der Waals surface area (Å²) in [6.45, 7) is 2.23. The van der Waals surface area contributed by atoms with Crippen LogP contribution in [0, 0.1) is 5.82 Å². The minimum Gasteiger partial charge on any atom is -0.325 e. The van der Waals surface area contributed by atoms with Crippen LogP contribution in [0.15, 0.2) is 53.0 Å². The number of hydrogen-bond donors (Lipinski definition) is 2. The second kappa shape index (κ2) is 8.06. The van der Waals surface area contributed by atoms with Gasteiger partial charge in [0.25, 0.3) is 0 Å². The van der Waals surface area contributed by atoms with Crippen LogP contribution in [0.25, 0.3) is 0 Å². The molecule has 116 valence electrons. The van der Waals surface area contributed by atoms with Crippen molar-refractivity contribution in [2.45, 2.75) is 19.4 Å². The average molecular weight is 365 g/mol. The van der Waals surface area contributed by atoms with Gasteiger partial charge in [-0.25, -0.2) is 4.39 Å². The van der Waals surface area contributed by atoms with E-state index < -0.39 is 0 Å². The van der Waals surface area contributed by atoms with Gasteiger partial charge in [0.2, 0.25) is 5.91 Å².